The average molecular weight is 248 g/mol. The van der Waals surface area contributed by atoms with Crippen LogP contribution < -0.4 is 0 Å². The lowest BCUT2D eigenvalue weighted by atomic mass is 10.1. The molecule has 4 heteroatoms. The first-order valence-electron chi connectivity index (χ1n) is 5.36. The van der Waals surface area contributed by atoms with Crippen LogP contribution in [0.1, 0.15) is 31.7 Å². The number of thioether (sulfide) groups is 1. The Bertz CT molecular complexity index is 303. The van der Waals surface area contributed by atoms with Gasteiger partial charge in [-0.15, -0.1) is 0 Å². The van der Waals surface area contributed by atoms with Gasteiger partial charge in [0.15, 0.2) is 0 Å². The fourth-order valence-electron chi connectivity index (χ4n) is 1.44. The van der Waals surface area contributed by atoms with Crippen molar-refractivity contribution in [1.29, 1.82) is 0 Å². The Labute approximate surface area is 98.2 Å². The first-order chi connectivity index (χ1) is 7.51. The predicted molar refractivity (Wildman–Crippen MR) is 61.6 cm³/mol. The lowest BCUT2D eigenvalue weighted by Gasteiger charge is -2.06. The van der Waals surface area contributed by atoms with Crippen LogP contribution in [0, 0.1) is 0 Å². The van der Waals surface area contributed by atoms with Crippen molar-refractivity contribution in [1.82, 2.24) is 0 Å². The minimum atomic E-state index is -4.19. The van der Waals surface area contributed by atoms with Crippen LogP contribution in [0.15, 0.2) is 29.2 Å². The average Bonchev–Trinajstić information content (AvgIpc) is 2.19. The fourth-order valence-corrected chi connectivity index (χ4v) is 1.98. The van der Waals surface area contributed by atoms with E-state index in [0.717, 1.165) is 24.8 Å². The van der Waals surface area contributed by atoms with Gasteiger partial charge >= 0.3 is 5.51 Å². The highest BCUT2D eigenvalue weighted by atomic mass is 32.2. The van der Waals surface area contributed by atoms with E-state index in [2.05, 4.69) is 6.92 Å². The van der Waals surface area contributed by atoms with Crippen LogP contribution in [0.3, 0.4) is 0 Å². The molecule has 1 aromatic rings. The normalized spacial score (nSPS) is 11.8. The van der Waals surface area contributed by atoms with Crippen molar-refractivity contribution in [2.45, 2.75) is 43.0 Å². The molecule has 0 unspecified atom stereocenters. The number of hydrogen-bond donors (Lipinski definition) is 0. The van der Waals surface area contributed by atoms with Gasteiger partial charge in [0.1, 0.15) is 0 Å². The minimum absolute atomic E-state index is 0.0622. The third-order valence-corrected chi connectivity index (χ3v) is 2.97. The molecule has 0 aliphatic rings. The molecular formula is C12H15F3S. The molecule has 1 aromatic carbocycles. The van der Waals surface area contributed by atoms with Gasteiger partial charge in [-0.3, -0.25) is 0 Å². The maximum Gasteiger partial charge on any atom is 0.446 e. The monoisotopic (exact) mass is 248 g/mol. The zero-order valence-corrected chi connectivity index (χ0v) is 10.00. The molecule has 0 bridgehead atoms. The molecule has 0 fully saturated rings. The Hall–Kier alpha value is -0.640. The third-order valence-electron chi connectivity index (χ3n) is 2.23. The van der Waals surface area contributed by atoms with Crippen LogP contribution in [0.5, 0.6) is 0 Å². The lowest BCUT2D eigenvalue weighted by Crippen LogP contribution is -1.98. The first-order valence-corrected chi connectivity index (χ1v) is 6.17. The van der Waals surface area contributed by atoms with Gasteiger partial charge in [0.2, 0.25) is 0 Å². The van der Waals surface area contributed by atoms with E-state index in [1.807, 2.05) is 0 Å². The molecule has 90 valence electrons. The Morgan fingerprint density at radius 1 is 1.06 bits per heavy atom. The van der Waals surface area contributed by atoms with Crippen LogP contribution in [-0.2, 0) is 6.42 Å². The molecule has 0 aliphatic carbocycles. The van der Waals surface area contributed by atoms with Gasteiger partial charge < -0.3 is 0 Å². The molecule has 0 amide bonds. The van der Waals surface area contributed by atoms with Crippen LogP contribution in [0.2, 0.25) is 0 Å². The van der Waals surface area contributed by atoms with E-state index in [1.54, 1.807) is 24.3 Å². The van der Waals surface area contributed by atoms with Gasteiger partial charge in [-0.2, -0.15) is 13.2 Å². The van der Waals surface area contributed by atoms with E-state index >= 15 is 0 Å². The second kappa shape index (κ2) is 6.18. The molecule has 0 atom stereocenters. The summed E-state index contributed by atoms with van der Waals surface area (Å²) < 4.78 is 36.2. The van der Waals surface area contributed by atoms with E-state index < -0.39 is 5.51 Å². The van der Waals surface area contributed by atoms with Gasteiger partial charge in [0.05, 0.1) is 0 Å². The third kappa shape index (κ3) is 5.45. The van der Waals surface area contributed by atoms with Gasteiger partial charge in [-0.05, 0) is 42.3 Å². The summed E-state index contributed by atoms with van der Waals surface area (Å²) >= 11 is -0.0622. The largest absolute Gasteiger partial charge is 0.446 e. The molecule has 1 rings (SSSR count). The summed E-state index contributed by atoms with van der Waals surface area (Å²) in [6.45, 7) is 2.13. The predicted octanol–water partition coefficient (Wildman–Crippen LogP) is 5.03. The van der Waals surface area contributed by atoms with Crippen molar-refractivity contribution < 1.29 is 13.2 Å². The second-order valence-corrected chi connectivity index (χ2v) is 4.79. The summed E-state index contributed by atoms with van der Waals surface area (Å²) in [4.78, 5) is 0.256. The van der Waals surface area contributed by atoms with Crippen molar-refractivity contribution in [3.05, 3.63) is 29.8 Å². The molecule has 0 spiro atoms. The molecule has 0 aliphatic heterocycles. The van der Waals surface area contributed by atoms with Gasteiger partial charge in [0, 0.05) is 4.90 Å². The maximum absolute atomic E-state index is 12.1. The molecule has 0 heterocycles. The molecule has 0 N–H and O–H groups in total. The summed E-state index contributed by atoms with van der Waals surface area (Å²) in [6.07, 6.45) is 4.37. The van der Waals surface area contributed by atoms with E-state index in [-0.39, 0.29) is 16.7 Å². The maximum atomic E-state index is 12.1. The Balaban J connectivity index is 2.48. The van der Waals surface area contributed by atoms with Gasteiger partial charge in [-0.1, -0.05) is 31.9 Å². The highest BCUT2D eigenvalue weighted by molar-refractivity contribution is 8.00. The summed E-state index contributed by atoms with van der Waals surface area (Å²) in [7, 11) is 0. The van der Waals surface area contributed by atoms with E-state index in [0.29, 0.717) is 0 Å². The zero-order valence-electron chi connectivity index (χ0n) is 9.18. The summed E-state index contributed by atoms with van der Waals surface area (Å²) in [5.41, 5.74) is -3.08. The molecule has 0 radical (unpaired) electrons. The molecule has 0 saturated carbocycles. The highest BCUT2D eigenvalue weighted by Crippen LogP contribution is 2.36. The summed E-state index contributed by atoms with van der Waals surface area (Å²) in [5.74, 6) is 0. The molecular weight excluding hydrogens is 233 g/mol. The number of halogens is 3. The molecule has 16 heavy (non-hydrogen) atoms. The molecule has 0 nitrogen and oxygen atoms in total. The van der Waals surface area contributed by atoms with E-state index in [1.165, 1.54) is 6.42 Å². The Kier molecular flexibility index (Phi) is 5.19. The van der Waals surface area contributed by atoms with Crippen molar-refractivity contribution in [3.8, 4) is 0 Å². The fraction of sp³-hybridized carbons (Fsp3) is 0.500. The number of unbranched alkanes of at least 4 members (excludes halogenated alkanes) is 2. The topological polar surface area (TPSA) is 0 Å². The second-order valence-electron chi connectivity index (χ2n) is 3.65. The number of rotatable bonds is 5. The highest BCUT2D eigenvalue weighted by Gasteiger charge is 2.28. The standard InChI is InChI=1S/C12H15F3S/c1-2-3-4-5-10-6-8-11(9-7-10)16-12(13,14)15/h6-9H,2-5H2,1H3. The van der Waals surface area contributed by atoms with Crippen molar-refractivity contribution in [2.75, 3.05) is 0 Å². The first kappa shape index (κ1) is 13.4. The number of benzene rings is 1. The summed E-state index contributed by atoms with van der Waals surface area (Å²) in [6, 6.07) is 6.65. The Morgan fingerprint density at radius 2 is 1.69 bits per heavy atom. The number of alkyl halides is 3. The van der Waals surface area contributed by atoms with Crippen LogP contribution in [-0.4, -0.2) is 5.51 Å². The van der Waals surface area contributed by atoms with E-state index in [4.69, 9.17) is 0 Å². The lowest BCUT2D eigenvalue weighted by molar-refractivity contribution is -0.0328. The van der Waals surface area contributed by atoms with Crippen molar-refractivity contribution in [3.63, 3.8) is 0 Å². The quantitative estimate of drug-likeness (QED) is 0.520. The van der Waals surface area contributed by atoms with Gasteiger partial charge in [0.25, 0.3) is 0 Å². The van der Waals surface area contributed by atoms with Crippen molar-refractivity contribution >= 4 is 11.8 Å². The van der Waals surface area contributed by atoms with Crippen molar-refractivity contribution in [2.24, 2.45) is 0 Å². The van der Waals surface area contributed by atoms with Crippen LogP contribution >= 0.6 is 11.8 Å². The zero-order chi connectivity index (χ0) is 12.0. The van der Waals surface area contributed by atoms with Gasteiger partial charge in [-0.25, -0.2) is 0 Å². The summed E-state index contributed by atoms with van der Waals surface area (Å²) in [5, 5.41) is 0. The molecule has 0 aromatic heterocycles. The van der Waals surface area contributed by atoms with Crippen LogP contribution in [0.25, 0.3) is 0 Å². The smallest absolute Gasteiger partial charge is 0.160 e. The minimum Gasteiger partial charge on any atom is -0.160 e. The molecule has 0 saturated heterocycles. The van der Waals surface area contributed by atoms with Crippen LogP contribution in [0.4, 0.5) is 13.2 Å². The number of hydrogen-bond acceptors (Lipinski definition) is 1. The number of aryl methyl sites for hydroxylation is 1. The van der Waals surface area contributed by atoms with E-state index in [9.17, 15) is 13.2 Å². The SMILES string of the molecule is CCCCCc1ccc(SC(F)(F)F)cc1. The Morgan fingerprint density at radius 3 is 2.19 bits per heavy atom.